The summed E-state index contributed by atoms with van der Waals surface area (Å²) < 4.78 is 5.24. The fraction of sp³-hybridized carbons (Fsp3) is 0.929. The summed E-state index contributed by atoms with van der Waals surface area (Å²) in [5.41, 5.74) is 5.56. The number of ether oxygens (including phenoxy) is 1. The minimum absolute atomic E-state index is 0.166. The van der Waals surface area contributed by atoms with Crippen molar-refractivity contribution in [1.29, 1.82) is 0 Å². The minimum atomic E-state index is -0.463. The first-order valence-electron chi connectivity index (χ1n) is 7.09. The van der Waals surface area contributed by atoms with Crippen molar-refractivity contribution in [3.63, 3.8) is 0 Å². The predicted octanol–water partition coefficient (Wildman–Crippen LogP) is 1.71. The molecule has 1 aliphatic rings. The molecule has 0 bridgehead atoms. The number of rotatable bonds is 4. The molecule has 1 saturated heterocycles. The lowest BCUT2D eigenvalue weighted by Gasteiger charge is -2.38. The Morgan fingerprint density at radius 2 is 2.11 bits per heavy atom. The molecule has 0 radical (unpaired) electrons. The highest BCUT2D eigenvalue weighted by Gasteiger charge is 2.36. The average molecular weight is 271 g/mol. The largest absolute Gasteiger partial charge is 0.444 e. The molecule has 0 spiro atoms. The molecule has 1 rings (SSSR count). The van der Waals surface area contributed by atoms with Gasteiger partial charge in [0, 0.05) is 24.7 Å². The average Bonchev–Trinajstić information content (AvgIpc) is 2.57. The summed E-state index contributed by atoms with van der Waals surface area (Å²) in [7, 11) is 0. The Bertz CT molecular complexity index is 310. The Morgan fingerprint density at radius 3 is 2.53 bits per heavy atom. The number of amides is 1. The van der Waals surface area contributed by atoms with Gasteiger partial charge in [0.05, 0.1) is 0 Å². The van der Waals surface area contributed by atoms with Crippen LogP contribution in [0.1, 0.15) is 47.5 Å². The smallest absolute Gasteiger partial charge is 0.407 e. The lowest BCUT2D eigenvalue weighted by molar-refractivity contribution is 0.0487. The molecular formula is C14H29N3O2. The van der Waals surface area contributed by atoms with Crippen molar-refractivity contribution in [2.75, 3.05) is 19.6 Å². The van der Waals surface area contributed by atoms with Crippen LogP contribution in [-0.4, -0.2) is 47.8 Å². The van der Waals surface area contributed by atoms with Crippen molar-refractivity contribution >= 4 is 6.09 Å². The van der Waals surface area contributed by atoms with E-state index in [2.05, 4.69) is 24.1 Å². The van der Waals surface area contributed by atoms with Crippen molar-refractivity contribution in [2.24, 2.45) is 5.73 Å². The molecule has 1 amide bonds. The molecule has 0 aromatic carbocycles. The molecule has 112 valence electrons. The van der Waals surface area contributed by atoms with Crippen LogP contribution in [0.25, 0.3) is 0 Å². The van der Waals surface area contributed by atoms with Gasteiger partial charge in [-0.25, -0.2) is 4.79 Å². The maximum Gasteiger partial charge on any atom is 0.407 e. The van der Waals surface area contributed by atoms with Gasteiger partial charge in [0.25, 0.3) is 0 Å². The van der Waals surface area contributed by atoms with E-state index in [1.165, 1.54) is 12.8 Å². The van der Waals surface area contributed by atoms with Crippen LogP contribution in [0, 0.1) is 0 Å². The number of nitrogens with one attached hydrogen (secondary N) is 1. The van der Waals surface area contributed by atoms with Crippen LogP contribution in [0.2, 0.25) is 0 Å². The molecule has 1 aliphatic heterocycles. The third kappa shape index (κ3) is 4.99. The van der Waals surface area contributed by atoms with Crippen LogP contribution < -0.4 is 11.1 Å². The highest BCUT2D eigenvalue weighted by Crippen LogP contribution is 2.29. The van der Waals surface area contributed by atoms with Crippen LogP contribution >= 0.6 is 0 Å². The van der Waals surface area contributed by atoms with Crippen LogP contribution in [-0.2, 0) is 4.74 Å². The van der Waals surface area contributed by atoms with Gasteiger partial charge in [0.2, 0.25) is 0 Å². The molecule has 0 aliphatic carbocycles. The van der Waals surface area contributed by atoms with E-state index in [9.17, 15) is 4.79 Å². The lowest BCUT2D eigenvalue weighted by atomic mass is 10.0. The van der Waals surface area contributed by atoms with Crippen LogP contribution in [0.3, 0.4) is 0 Å². The van der Waals surface area contributed by atoms with E-state index in [1.807, 2.05) is 20.8 Å². The van der Waals surface area contributed by atoms with E-state index in [4.69, 9.17) is 10.5 Å². The van der Waals surface area contributed by atoms with Gasteiger partial charge in [-0.1, -0.05) is 0 Å². The molecule has 1 atom stereocenters. The summed E-state index contributed by atoms with van der Waals surface area (Å²) in [6.07, 6.45) is 1.99. The maximum atomic E-state index is 11.7. The second-order valence-electron chi connectivity index (χ2n) is 6.88. The van der Waals surface area contributed by atoms with Gasteiger partial charge in [-0.2, -0.15) is 0 Å². The van der Waals surface area contributed by atoms with E-state index in [-0.39, 0.29) is 17.7 Å². The highest BCUT2D eigenvalue weighted by atomic mass is 16.6. The molecule has 1 heterocycles. The standard InChI is InChI=1S/C14H29N3O2/c1-13(2,3)19-12(18)16-10-11(9-15)17-8-6-7-14(17,4)5/h11H,6-10,15H2,1-5H3,(H,16,18). The van der Waals surface area contributed by atoms with Gasteiger partial charge in [0.15, 0.2) is 0 Å². The first kappa shape index (κ1) is 16.2. The second kappa shape index (κ2) is 6.09. The summed E-state index contributed by atoms with van der Waals surface area (Å²) in [5, 5.41) is 2.82. The number of carbonyl (C=O) groups excluding carboxylic acids is 1. The number of nitrogens with zero attached hydrogens (tertiary/aromatic N) is 1. The zero-order valence-electron chi connectivity index (χ0n) is 13.0. The first-order chi connectivity index (χ1) is 8.65. The monoisotopic (exact) mass is 271 g/mol. The fourth-order valence-corrected chi connectivity index (χ4v) is 2.64. The van der Waals surface area contributed by atoms with Gasteiger partial charge in [0.1, 0.15) is 5.60 Å². The Labute approximate surface area is 116 Å². The molecule has 0 saturated carbocycles. The number of hydrogen-bond donors (Lipinski definition) is 2. The van der Waals surface area contributed by atoms with Crippen molar-refractivity contribution in [3.05, 3.63) is 0 Å². The van der Waals surface area contributed by atoms with E-state index in [0.29, 0.717) is 13.1 Å². The lowest BCUT2D eigenvalue weighted by Crippen LogP contribution is -2.53. The molecule has 5 heteroatoms. The van der Waals surface area contributed by atoms with Crippen LogP contribution in [0.4, 0.5) is 4.79 Å². The summed E-state index contributed by atoms with van der Waals surface area (Å²) in [5.74, 6) is 0. The normalized spacial score (nSPS) is 21.2. The molecular weight excluding hydrogens is 242 g/mol. The van der Waals surface area contributed by atoms with E-state index in [1.54, 1.807) is 0 Å². The third-order valence-electron chi connectivity index (χ3n) is 3.56. The summed E-state index contributed by atoms with van der Waals surface area (Å²) in [4.78, 5) is 14.1. The van der Waals surface area contributed by atoms with Crippen molar-refractivity contribution in [2.45, 2.75) is 64.6 Å². The van der Waals surface area contributed by atoms with Gasteiger partial charge in [-0.05, 0) is 54.0 Å². The first-order valence-corrected chi connectivity index (χ1v) is 7.09. The molecule has 19 heavy (non-hydrogen) atoms. The van der Waals surface area contributed by atoms with Gasteiger partial charge in [-0.3, -0.25) is 4.90 Å². The van der Waals surface area contributed by atoms with Gasteiger partial charge >= 0.3 is 6.09 Å². The van der Waals surface area contributed by atoms with Gasteiger partial charge < -0.3 is 15.8 Å². The van der Waals surface area contributed by atoms with Crippen molar-refractivity contribution in [3.8, 4) is 0 Å². The Morgan fingerprint density at radius 1 is 1.47 bits per heavy atom. The quantitative estimate of drug-likeness (QED) is 0.817. The fourth-order valence-electron chi connectivity index (χ4n) is 2.64. The number of nitrogens with two attached hydrogens (primary N) is 1. The minimum Gasteiger partial charge on any atom is -0.444 e. The predicted molar refractivity (Wildman–Crippen MR) is 77.1 cm³/mol. The molecule has 1 unspecified atom stereocenters. The Hall–Kier alpha value is -0.810. The van der Waals surface area contributed by atoms with Crippen molar-refractivity contribution < 1.29 is 9.53 Å². The number of likely N-dealkylation sites (tertiary alicyclic amines) is 1. The Balaban J connectivity index is 2.47. The van der Waals surface area contributed by atoms with Crippen molar-refractivity contribution in [1.82, 2.24) is 10.2 Å². The number of alkyl carbamates (subject to hydrolysis) is 1. The molecule has 0 aromatic heterocycles. The number of carbonyl (C=O) groups is 1. The zero-order chi connectivity index (χ0) is 14.7. The summed E-state index contributed by atoms with van der Waals surface area (Å²) >= 11 is 0. The van der Waals surface area contributed by atoms with E-state index in [0.717, 1.165) is 6.54 Å². The van der Waals surface area contributed by atoms with Gasteiger partial charge in [-0.15, -0.1) is 0 Å². The van der Waals surface area contributed by atoms with E-state index >= 15 is 0 Å². The molecule has 3 N–H and O–H groups in total. The summed E-state index contributed by atoms with van der Waals surface area (Å²) in [6.45, 7) is 12.2. The maximum absolute atomic E-state index is 11.7. The Kier molecular flexibility index (Phi) is 5.21. The second-order valence-corrected chi connectivity index (χ2v) is 6.88. The highest BCUT2D eigenvalue weighted by molar-refractivity contribution is 5.67. The molecule has 5 nitrogen and oxygen atoms in total. The summed E-state index contributed by atoms with van der Waals surface area (Å²) in [6, 6.07) is 0.171. The molecule has 0 aromatic rings. The molecule has 1 fully saturated rings. The van der Waals surface area contributed by atoms with Crippen LogP contribution in [0.15, 0.2) is 0 Å². The SMILES string of the molecule is CC(C)(C)OC(=O)NCC(CN)N1CCCC1(C)C. The van der Waals surface area contributed by atoms with E-state index < -0.39 is 5.60 Å². The third-order valence-corrected chi connectivity index (χ3v) is 3.56. The number of hydrogen-bond acceptors (Lipinski definition) is 4. The zero-order valence-corrected chi connectivity index (χ0v) is 13.0. The topological polar surface area (TPSA) is 67.6 Å². The van der Waals surface area contributed by atoms with Crippen LogP contribution in [0.5, 0.6) is 0 Å².